The summed E-state index contributed by atoms with van der Waals surface area (Å²) in [5.41, 5.74) is 3.62. The lowest BCUT2D eigenvalue weighted by Gasteiger charge is -2.20. The highest BCUT2D eigenvalue weighted by molar-refractivity contribution is 6.04. The van der Waals surface area contributed by atoms with Gasteiger partial charge in [-0.1, -0.05) is 0 Å². The molecule has 0 N–H and O–H groups in total. The number of allylic oxidation sites excluding steroid dienone is 2. The molecule has 146 valence electrons. The summed E-state index contributed by atoms with van der Waals surface area (Å²) in [7, 11) is 14.5. The zero-order valence-electron chi connectivity index (χ0n) is 17.4. The Morgan fingerprint density at radius 1 is 0.815 bits per heavy atom. The van der Waals surface area contributed by atoms with Crippen molar-refractivity contribution in [2.75, 3.05) is 61.5 Å². The van der Waals surface area contributed by atoms with Gasteiger partial charge in [0, 0.05) is 31.9 Å². The molecule has 1 aliphatic rings. The van der Waals surface area contributed by atoms with Crippen LogP contribution in [0.3, 0.4) is 0 Å². The van der Waals surface area contributed by atoms with Gasteiger partial charge in [-0.15, -0.1) is 0 Å². The molecule has 27 heavy (non-hydrogen) atoms. The summed E-state index contributed by atoms with van der Waals surface area (Å²) in [5, 5.41) is 0. The Bertz CT molecular complexity index is 778. The van der Waals surface area contributed by atoms with Gasteiger partial charge in [0.2, 0.25) is 5.71 Å². The molecule has 0 saturated carbocycles. The SMILES string of the molecule is COC1=CC(=[N+](C)C)C=C(OC)C1=Cc1c(OC)cc(N(C)C)cc1OC. The van der Waals surface area contributed by atoms with Crippen molar-refractivity contribution in [3.05, 3.63) is 46.9 Å². The molecule has 0 heterocycles. The van der Waals surface area contributed by atoms with Crippen LogP contribution in [0.2, 0.25) is 0 Å². The predicted molar refractivity (Wildman–Crippen MR) is 109 cm³/mol. The maximum atomic E-state index is 5.63. The molecule has 0 amide bonds. The van der Waals surface area contributed by atoms with E-state index in [0.717, 1.165) is 22.5 Å². The van der Waals surface area contributed by atoms with Gasteiger partial charge in [0.25, 0.3) is 0 Å². The van der Waals surface area contributed by atoms with E-state index in [1.165, 1.54) is 0 Å². The molecule has 0 aromatic heterocycles. The van der Waals surface area contributed by atoms with Crippen molar-refractivity contribution < 1.29 is 23.5 Å². The van der Waals surface area contributed by atoms with Crippen LogP contribution in [-0.4, -0.2) is 66.9 Å². The molecule has 0 radical (unpaired) electrons. The zero-order valence-corrected chi connectivity index (χ0v) is 17.4. The average Bonchev–Trinajstić information content (AvgIpc) is 2.67. The molecule has 0 atom stereocenters. The lowest BCUT2D eigenvalue weighted by atomic mass is 9.99. The van der Waals surface area contributed by atoms with Crippen LogP contribution < -0.4 is 14.4 Å². The number of ether oxygens (including phenoxy) is 4. The van der Waals surface area contributed by atoms with Gasteiger partial charge in [0.1, 0.15) is 37.1 Å². The summed E-state index contributed by atoms with van der Waals surface area (Å²) >= 11 is 0. The average molecular weight is 373 g/mol. The molecular weight excluding hydrogens is 344 g/mol. The van der Waals surface area contributed by atoms with Crippen LogP contribution in [0.1, 0.15) is 5.56 Å². The Hall–Kier alpha value is -2.89. The minimum atomic E-state index is 0.707. The largest absolute Gasteiger partial charge is 0.496 e. The van der Waals surface area contributed by atoms with Crippen molar-refractivity contribution >= 4 is 17.5 Å². The topological polar surface area (TPSA) is 43.2 Å². The van der Waals surface area contributed by atoms with Gasteiger partial charge in [-0.05, 0) is 6.08 Å². The van der Waals surface area contributed by atoms with E-state index >= 15 is 0 Å². The van der Waals surface area contributed by atoms with E-state index in [2.05, 4.69) is 0 Å². The third-order valence-corrected chi connectivity index (χ3v) is 4.38. The van der Waals surface area contributed by atoms with E-state index in [1.54, 1.807) is 28.4 Å². The first kappa shape index (κ1) is 20.4. The zero-order chi connectivity index (χ0) is 20.1. The Morgan fingerprint density at radius 3 is 1.63 bits per heavy atom. The molecule has 0 bridgehead atoms. The van der Waals surface area contributed by atoms with Crippen LogP contribution in [0, 0.1) is 0 Å². The van der Waals surface area contributed by atoms with Gasteiger partial charge in [0.05, 0.1) is 51.7 Å². The second kappa shape index (κ2) is 8.66. The Morgan fingerprint density at radius 2 is 1.30 bits per heavy atom. The third kappa shape index (κ3) is 4.27. The van der Waals surface area contributed by atoms with Gasteiger partial charge in [0.15, 0.2) is 0 Å². The highest BCUT2D eigenvalue weighted by Crippen LogP contribution is 2.38. The third-order valence-electron chi connectivity index (χ3n) is 4.38. The van der Waals surface area contributed by atoms with Crippen LogP contribution >= 0.6 is 0 Å². The quantitative estimate of drug-likeness (QED) is 0.718. The van der Waals surface area contributed by atoms with Gasteiger partial charge in [-0.3, -0.25) is 0 Å². The van der Waals surface area contributed by atoms with E-state index in [0.29, 0.717) is 23.0 Å². The van der Waals surface area contributed by atoms with Gasteiger partial charge in [-0.25, -0.2) is 4.58 Å². The predicted octanol–water partition coefficient (Wildman–Crippen LogP) is 2.94. The number of anilines is 1. The van der Waals surface area contributed by atoms with Crippen LogP contribution in [0.25, 0.3) is 6.08 Å². The van der Waals surface area contributed by atoms with E-state index < -0.39 is 0 Å². The van der Waals surface area contributed by atoms with Gasteiger partial charge < -0.3 is 23.8 Å². The van der Waals surface area contributed by atoms with Crippen molar-refractivity contribution in [3.8, 4) is 11.5 Å². The fourth-order valence-corrected chi connectivity index (χ4v) is 2.80. The molecule has 0 saturated heterocycles. The molecule has 1 aromatic rings. The second-order valence-corrected chi connectivity index (χ2v) is 6.46. The number of nitrogens with zero attached hydrogens (tertiary/aromatic N) is 2. The summed E-state index contributed by atoms with van der Waals surface area (Å²) in [6.07, 6.45) is 5.91. The van der Waals surface area contributed by atoms with Gasteiger partial charge in [-0.2, -0.15) is 0 Å². The minimum Gasteiger partial charge on any atom is -0.496 e. The van der Waals surface area contributed by atoms with Crippen LogP contribution in [0.15, 0.2) is 41.4 Å². The summed E-state index contributed by atoms with van der Waals surface area (Å²) in [4.78, 5) is 2.00. The highest BCUT2D eigenvalue weighted by Gasteiger charge is 2.24. The lowest BCUT2D eigenvalue weighted by Crippen LogP contribution is -2.16. The smallest absolute Gasteiger partial charge is 0.206 e. The first-order valence-electron chi connectivity index (χ1n) is 8.57. The van der Waals surface area contributed by atoms with Crippen molar-refractivity contribution in [1.29, 1.82) is 0 Å². The summed E-state index contributed by atoms with van der Waals surface area (Å²) in [5.74, 6) is 2.83. The first-order valence-corrected chi connectivity index (χ1v) is 8.57. The molecule has 1 aromatic carbocycles. The number of benzene rings is 1. The van der Waals surface area contributed by atoms with Crippen molar-refractivity contribution in [3.63, 3.8) is 0 Å². The van der Waals surface area contributed by atoms with E-state index in [1.807, 2.05) is 68.0 Å². The van der Waals surface area contributed by atoms with Crippen molar-refractivity contribution in [2.45, 2.75) is 0 Å². The molecule has 6 nitrogen and oxygen atoms in total. The molecule has 6 heteroatoms. The molecule has 0 unspecified atom stereocenters. The fourth-order valence-electron chi connectivity index (χ4n) is 2.80. The van der Waals surface area contributed by atoms with Crippen molar-refractivity contribution in [2.24, 2.45) is 0 Å². The summed E-state index contributed by atoms with van der Waals surface area (Å²) < 4.78 is 24.5. The number of rotatable bonds is 6. The monoisotopic (exact) mass is 373 g/mol. The Balaban J connectivity index is 2.71. The molecule has 2 rings (SSSR count). The molecule has 0 fully saturated rings. The van der Waals surface area contributed by atoms with Gasteiger partial charge >= 0.3 is 0 Å². The summed E-state index contributed by atoms with van der Waals surface area (Å²) in [6.45, 7) is 0. The normalized spacial score (nSPS) is 13.5. The fraction of sp³-hybridized carbons (Fsp3) is 0.381. The van der Waals surface area contributed by atoms with Crippen LogP contribution in [-0.2, 0) is 9.47 Å². The molecule has 0 aliphatic heterocycles. The summed E-state index contributed by atoms with van der Waals surface area (Å²) in [6, 6.07) is 3.95. The molecular formula is C21H29N2O4+. The maximum Gasteiger partial charge on any atom is 0.206 e. The van der Waals surface area contributed by atoms with E-state index in [-0.39, 0.29) is 0 Å². The lowest BCUT2D eigenvalue weighted by molar-refractivity contribution is -0.462. The van der Waals surface area contributed by atoms with E-state index in [9.17, 15) is 0 Å². The van der Waals surface area contributed by atoms with E-state index in [4.69, 9.17) is 18.9 Å². The first-order chi connectivity index (χ1) is 12.9. The van der Waals surface area contributed by atoms with Crippen LogP contribution in [0.5, 0.6) is 11.5 Å². The standard InChI is InChI=1S/C21H29N2O4/c1-22(2)14-9-18(24-5)16(19(10-14)25-6)13-17-20(26-7)11-15(23(3)4)12-21(17)27-8/h9-13H,1-8H3/q+1. The Labute approximate surface area is 161 Å². The Kier molecular flexibility index (Phi) is 6.55. The molecule has 0 spiro atoms. The minimum absolute atomic E-state index is 0.707. The van der Waals surface area contributed by atoms with Crippen LogP contribution in [0.4, 0.5) is 5.69 Å². The molecule has 1 aliphatic carbocycles. The number of hydrogen-bond acceptors (Lipinski definition) is 5. The number of hydrogen-bond donors (Lipinski definition) is 0. The number of methoxy groups -OCH3 is 4. The second-order valence-electron chi connectivity index (χ2n) is 6.46. The van der Waals surface area contributed by atoms with Crippen molar-refractivity contribution in [1.82, 2.24) is 0 Å². The maximum absolute atomic E-state index is 5.63. The highest BCUT2D eigenvalue weighted by atomic mass is 16.5.